The highest BCUT2D eigenvalue weighted by Crippen LogP contribution is 2.20. The lowest BCUT2D eigenvalue weighted by Crippen LogP contribution is -2.17. The van der Waals surface area contributed by atoms with Gasteiger partial charge in [0.1, 0.15) is 0 Å². The third-order valence-electron chi connectivity index (χ3n) is 2.99. The molecule has 0 fully saturated rings. The second-order valence-corrected chi connectivity index (χ2v) is 5.33. The molecule has 6 nitrogen and oxygen atoms in total. The third kappa shape index (κ3) is 3.52. The molecule has 0 spiro atoms. The van der Waals surface area contributed by atoms with Crippen molar-refractivity contribution in [2.24, 2.45) is 0 Å². The van der Waals surface area contributed by atoms with Gasteiger partial charge in [-0.15, -0.1) is 0 Å². The monoisotopic (exact) mass is 294 g/mol. The first-order chi connectivity index (χ1) is 9.47. The number of aryl methyl sites for hydroxylation is 2. The maximum absolute atomic E-state index is 5.94. The van der Waals surface area contributed by atoms with E-state index in [2.05, 4.69) is 44.2 Å². The lowest BCUT2D eigenvalue weighted by atomic mass is 10.3. The molecular weight excluding hydrogens is 276 g/mol. The Balaban J connectivity index is 2.25. The van der Waals surface area contributed by atoms with E-state index in [0.29, 0.717) is 17.0 Å². The van der Waals surface area contributed by atoms with Gasteiger partial charge in [0.2, 0.25) is 5.28 Å². The molecule has 2 aromatic rings. The molecule has 1 N–H and O–H groups in total. The average Bonchev–Trinajstić information content (AvgIpc) is 2.36. The van der Waals surface area contributed by atoms with Gasteiger partial charge in [-0.05, 0) is 52.5 Å². The number of aromatic nitrogens is 4. The Morgan fingerprint density at radius 2 is 1.75 bits per heavy atom. The van der Waals surface area contributed by atoms with Crippen molar-refractivity contribution in [3.8, 4) is 0 Å². The molecule has 0 radical (unpaired) electrons. The van der Waals surface area contributed by atoms with Crippen molar-refractivity contribution in [2.45, 2.75) is 20.3 Å². The van der Waals surface area contributed by atoms with E-state index in [1.54, 1.807) is 0 Å². The molecule has 0 saturated carbocycles. The summed E-state index contributed by atoms with van der Waals surface area (Å²) in [4.78, 5) is 19.4. The maximum atomic E-state index is 5.94. The molecule has 0 aliphatic carbocycles. The van der Waals surface area contributed by atoms with Crippen LogP contribution in [-0.4, -0.2) is 52.0 Å². The van der Waals surface area contributed by atoms with Crippen LogP contribution in [0, 0.1) is 13.8 Å². The molecule has 0 aromatic carbocycles. The topological polar surface area (TPSA) is 66.8 Å². The lowest BCUT2D eigenvalue weighted by molar-refractivity contribution is 0.405. The summed E-state index contributed by atoms with van der Waals surface area (Å²) in [7, 11) is 4.10. The Hall–Kier alpha value is -1.53. The SMILES string of the molecule is Cc1nc2nc(Cl)nc(NCCCN(C)C)c2nc1C. The Bertz CT molecular complexity index is 613. The first-order valence-corrected chi connectivity index (χ1v) is 6.92. The minimum Gasteiger partial charge on any atom is -0.368 e. The fraction of sp³-hybridized carbons (Fsp3) is 0.538. The molecule has 7 heteroatoms. The van der Waals surface area contributed by atoms with Gasteiger partial charge in [-0.1, -0.05) is 0 Å². The van der Waals surface area contributed by atoms with Crippen LogP contribution in [-0.2, 0) is 0 Å². The second kappa shape index (κ2) is 6.28. The zero-order chi connectivity index (χ0) is 14.7. The molecule has 0 atom stereocenters. The fourth-order valence-electron chi connectivity index (χ4n) is 1.81. The van der Waals surface area contributed by atoms with Crippen LogP contribution >= 0.6 is 11.6 Å². The standard InChI is InChI=1S/C13H19ClN6/c1-8-9(2)17-12-10(16-8)11(18-13(14)19-12)15-6-5-7-20(3)4/h5-7H2,1-4H3,(H,15,17,18,19). The molecule has 20 heavy (non-hydrogen) atoms. The predicted molar refractivity (Wildman–Crippen MR) is 81.3 cm³/mol. The van der Waals surface area contributed by atoms with Crippen molar-refractivity contribution in [1.82, 2.24) is 24.8 Å². The van der Waals surface area contributed by atoms with Crippen LogP contribution in [0.4, 0.5) is 5.82 Å². The fourth-order valence-corrected chi connectivity index (χ4v) is 1.98. The Kier molecular flexibility index (Phi) is 4.67. The zero-order valence-electron chi connectivity index (χ0n) is 12.2. The normalized spacial score (nSPS) is 11.3. The Morgan fingerprint density at radius 3 is 2.45 bits per heavy atom. The van der Waals surface area contributed by atoms with Gasteiger partial charge < -0.3 is 10.2 Å². The van der Waals surface area contributed by atoms with Gasteiger partial charge in [-0.2, -0.15) is 9.97 Å². The number of anilines is 1. The number of hydrogen-bond acceptors (Lipinski definition) is 6. The molecule has 2 heterocycles. The van der Waals surface area contributed by atoms with Crippen molar-refractivity contribution >= 4 is 28.6 Å². The molecule has 2 rings (SSSR count). The molecule has 0 bridgehead atoms. The van der Waals surface area contributed by atoms with E-state index in [1.807, 2.05) is 13.8 Å². The van der Waals surface area contributed by atoms with E-state index in [4.69, 9.17) is 11.6 Å². The number of nitrogens with one attached hydrogen (secondary N) is 1. The molecule has 2 aromatic heterocycles. The summed E-state index contributed by atoms with van der Waals surface area (Å²) in [6, 6.07) is 0. The highest BCUT2D eigenvalue weighted by molar-refractivity contribution is 6.28. The van der Waals surface area contributed by atoms with Gasteiger partial charge in [0, 0.05) is 6.54 Å². The van der Waals surface area contributed by atoms with Gasteiger partial charge in [0.05, 0.1) is 11.4 Å². The van der Waals surface area contributed by atoms with Crippen LogP contribution in [0.1, 0.15) is 17.8 Å². The number of hydrogen-bond donors (Lipinski definition) is 1. The second-order valence-electron chi connectivity index (χ2n) is 4.99. The summed E-state index contributed by atoms with van der Waals surface area (Å²) in [5.74, 6) is 0.648. The van der Waals surface area contributed by atoms with Crippen molar-refractivity contribution in [2.75, 3.05) is 32.5 Å². The van der Waals surface area contributed by atoms with Gasteiger partial charge in [-0.25, -0.2) is 9.97 Å². The van der Waals surface area contributed by atoms with Gasteiger partial charge >= 0.3 is 0 Å². The van der Waals surface area contributed by atoms with Crippen LogP contribution in [0.3, 0.4) is 0 Å². The van der Waals surface area contributed by atoms with Crippen LogP contribution in [0.2, 0.25) is 5.28 Å². The molecule has 0 aliphatic rings. The minimum atomic E-state index is 0.185. The predicted octanol–water partition coefficient (Wildman–Crippen LogP) is 2.05. The molecular formula is C13H19ClN6. The molecule has 108 valence electrons. The first kappa shape index (κ1) is 14.9. The first-order valence-electron chi connectivity index (χ1n) is 6.54. The average molecular weight is 295 g/mol. The summed E-state index contributed by atoms with van der Waals surface area (Å²) in [6.07, 6.45) is 1.01. The van der Waals surface area contributed by atoms with Crippen molar-refractivity contribution < 1.29 is 0 Å². The summed E-state index contributed by atoms with van der Waals surface area (Å²) in [5.41, 5.74) is 2.93. The molecule has 0 aliphatic heterocycles. The van der Waals surface area contributed by atoms with Gasteiger partial charge in [-0.3, -0.25) is 0 Å². The summed E-state index contributed by atoms with van der Waals surface area (Å²) < 4.78 is 0. The Morgan fingerprint density at radius 1 is 1.05 bits per heavy atom. The van der Waals surface area contributed by atoms with Crippen molar-refractivity contribution in [1.29, 1.82) is 0 Å². The third-order valence-corrected chi connectivity index (χ3v) is 3.16. The van der Waals surface area contributed by atoms with E-state index < -0.39 is 0 Å². The minimum absolute atomic E-state index is 0.185. The van der Waals surface area contributed by atoms with Gasteiger partial charge in [0.15, 0.2) is 17.0 Å². The molecule has 0 amide bonds. The maximum Gasteiger partial charge on any atom is 0.226 e. The summed E-state index contributed by atoms with van der Waals surface area (Å²) in [5, 5.41) is 3.45. The number of rotatable bonds is 5. The van der Waals surface area contributed by atoms with Crippen LogP contribution in [0.15, 0.2) is 0 Å². The zero-order valence-corrected chi connectivity index (χ0v) is 13.0. The highest BCUT2D eigenvalue weighted by Gasteiger charge is 2.11. The molecule has 0 unspecified atom stereocenters. The van der Waals surface area contributed by atoms with Crippen LogP contribution in [0.5, 0.6) is 0 Å². The van der Waals surface area contributed by atoms with E-state index in [-0.39, 0.29) is 5.28 Å². The Labute approximate surface area is 123 Å². The van der Waals surface area contributed by atoms with Crippen molar-refractivity contribution in [3.63, 3.8) is 0 Å². The summed E-state index contributed by atoms with van der Waals surface area (Å²) >= 11 is 5.94. The van der Waals surface area contributed by atoms with E-state index in [9.17, 15) is 0 Å². The van der Waals surface area contributed by atoms with E-state index in [0.717, 1.165) is 30.9 Å². The lowest BCUT2D eigenvalue weighted by Gasteiger charge is -2.11. The van der Waals surface area contributed by atoms with E-state index in [1.165, 1.54) is 0 Å². The largest absolute Gasteiger partial charge is 0.368 e. The highest BCUT2D eigenvalue weighted by atomic mass is 35.5. The van der Waals surface area contributed by atoms with Crippen LogP contribution in [0.25, 0.3) is 11.2 Å². The molecule has 0 saturated heterocycles. The summed E-state index contributed by atoms with van der Waals surface area (Å²) in [6.45, 7) is 5.64. The number of nitrogens with zero attached hydrogens (tertiary/aromatic N) is 5. The smallest absolute Gasteiger partial charge is 0.226 e. The number of fused-ring (bicyclic) bond motifs is 1. The van der Waals surface area contributed by atoms with Crippen LogP contribution < -0.4 is 5.32 Å². The number of halogens is 1. The van der Waals surface area contributed by atoms with Crippen molar-refractivity contribution in [3.05, 3.63) is 16.7 Å². The van der Waals surface area contributed by atoms with Gasteiger partial charge in [0.25, 0.3) is 0 Å². The van der Waals surface area contributed by atoms with E-state index >= 15 is 0 Å². The quantitative estimate of drug-likeness (QED) is 0.672.